The van der Waals surface area contributed by atoms with Gasteiger partial charge in [-0.15, -0.1) is 0 Å². The Morgan fingerprint density at radius 1 is 0.966 bits per heavy atom. The molecule has 0 unspecified atom stereocenters. The number of rotatable bonds is 4. The first kappa shape index (κ1) is 19.1. The highest BCUT2D eigenvalue weighted by atomic mass is 16.5. The van der Waals surface area contributed by atoms with Crippen molar-refractivity contribution in [3.8, 4) is 5.75 Å². The third-order valence-electron chi connectivity index (χ3n) is 5.52. The molecule has 0 radical (unpaired) electrons. The molecule has 2 aliphatic heterocycles. The molecular weight excluding hydrogens is 368 g/mol. The van der Waals surface area contributed by atoms with Gasteiger partial charge in [-0.05, 0) is 36.4 Å². The van der Waals surface area contributed by atoms with Crippen LogP contribution in [0.5, 0.6) is 5.75 Å². The van der Waals surface area contributed by atoms with E-state index < -0.39 is 0 Å². The van der Waals surface area contributed by atoms with Crippen LogP contribution in [0.4, 0.5) is 16.2 Å². The van der Waals surface area contributed by atoms with Gasteiger partial charge >= 0.3 is 6.03 Å². The molecule has 7 nitrogen and oxygen atoms in total. The van der Waals surface area contributed by atoms with Crippen LogP contribution in [-0.4, -0.2) is 62.7 Å². The number of carbonyl (C=O) groups is 2. The molecule has 7 heteroatoms. The van der Waals surface area contributed by atoms with Crippen LogP contribution in [0.2, 0.25) is 0 Å². The second-order valence-electron chi connectivity index (χ2n) is 7.36. The number of piperazine rings is 1. The lowest BCUT2D eigenvalue weighted by Gasteiger charge is -2.36. The summed E-state index contributed by atoms with van der Waals surface area (Å²) in [5.74, 6) is 0.883. The first-order valence-electron chi connectivity index (χ1n) is 9.94. The summed E-state index contributed by atoms with van der Waals surface area (Å²) in [6.07, 6.45) is 0.340. The molecular formula is C22H26N4O3. The monoisotopic (exact) mass is 394 g/mol. The van der Waals surface area contributed by atoms with Crippen molar-refractivity contribution in [1.82, 2.24) is 10.2 Å². The number of benzene rings is 2. The predicted molar refractivity (Wildman–Crippen MR) is 113 cm³/mol. The van der Waals surface area contributed by atoms with E-state index in [-0.39, 0.29) is 18.0 Å². The average Bonchev–Trinajstić information content (AvgIpc) is 3.14. The van der Waals surface area contributed by atoms with Crippen molar-refractivity contribution in [2.45, 2.75) is 12.5 Å². The lowest BCUT2D eigenvalue weighted by Crippen LogP contribution is -2.53. The number of nitrogens with zero attached hydrogens (tertiary/aromatic N) is 3. The van der Waals surface area contributed by atoms with Gasteiger partial charge in [0.05, 0.1) is 13.2 Å². The first-order valence-corrected chi connectivity index (χ1v) is 9.94. The Bertz CT molecular complexity index is 848. The lowest BCUT2D eigenvalue weighted by atomic mass is 10.2. The zero-order valence-corrected chi connectivity index (χ0v) is 16.6. The molecule has 2 fully saturated rings. The fraction of sp³-hybridized carbons (Fsp3) is 0.364. The minimum atomic E-state index is -0.158. The number of methoxy groups -OCH3 is 1. The van der Waals surface area contributed by atoms with Crippen molar-refractivity contribution in [1.29, 1.82) is 0 Å². The summed E-state index contributed by atoms with van der Waals surface area (Å²) in [5.41, 5.74) is 2.01. The van der Waals surface area contributed by atoms with E-state index in [4.69, 9.17) is 4.74 Å². The SMILES string of the molecule is COc1ccc(N2CCN(C(=O)N[C@@H]3CC(=O)N(c4ccccc4)C3)CC2)cc1. The Morgan fingerprint density at radius 2 is 1.66 bits per heavy atom. The van der Waals surface area contributed by atoms with E-state index in [2.05, 4.69) is 10.2 Å². The van der Waals surface area contributed by atoms with Gasteiger partial charge in [-0.3, -0.25) is 4.79 Å². The van der Waals surface area contributed by atoms with E-state index in [1.54, 1.807) is 12.0 Å². The number of ether oxygens (including phenoxy) is 1. The number of nitrogens with one attached hydrogen (secondary N) is 1. The van der Waals surface area contributed by atoms with Crippen molar-refractivity contribution in [3.63, 3.8) is 0 Å². The second kappa shape index (κ2) is 8.43. The van der Waals surface area contributed by atoms with Gasteiger partial charge < -0.3 is 24.8 Å². The largest absolute Gasteiger partial charge is 0.497 e. The van der Waals surface area contributed by atoms with Crippen LogP contribution in [0, 0.1) is 0 Å². The van der Waals surface area contributed by atoms with Crippen LogP contribution in [0.1, 0.15) is 6.42 Å². The molecule has 4 rings (SSSR count). The summed E-state index contributed by atoms with van der Waals surface area (Å²) in [6.45, 7) is 3.38. The Kier molecular flexibility index (Phi) is 5.55. The zero-order valence-electron chi connectivity index (χ0n) is 16.6. The molecule has 2 aromatic rings. The summed E-state index contributed by atoms with van der Waals surface area (Å²) in [4.78, 5) is 30.8. The number of hydrogen-bond donors (Lipinski definition) is 1. The Morgan fingerprint density at radius 3 is 2.31 bits per heavy atom. The summed E-state index contributed by atoms with van der Waals surface area (Å²) in [6, 6.07) is 17.3. The van der Waals surface area contributed by atoms with Gasteiger partial charge in [0.2, 0.25) is 5.91 Å². The standard InChI is InChI=1S/C22H26N4O3/c1-29-20-9-7-18(8-10-20)24-11-13-25(14-12-24)22(28)23-17-15-21(27)26(16-17)19-5-3-2-4-6-19/h2-10,17H,11-16H2,1H3,(H,23,28)/t17-/m1/s1. The fourth-order valence-electron chi connectivity index (χ4n) is 3.89. The average molecular weight is 394 g/mol. The van der Waals surface area contributed by atoms with Gasteiger partial charge in [-0.2, -0.15) is 0 Å². The van der Waals surface area contributed by atoms with Crippen molar-refractivity contribution < 1.29 is 14.3 Å². The van der Waals surface area contributed by atoms with Gasteiger partial charge in [0.15, 0.2) is 0 Å². The van der Waals surface area contributed by atoms with Crippen LogP contribution in [0.25, 0.3) is 0 Å². The minimum Gasteiger partial charge on any atom is -0.497 e. The number of hydrogen-bond acceptors (Lipinski definition) is 4. The van der Waals surface area contributed by atoms with Crippen LogP contribution in [0.15, 0.2) is 54.6 Å². The summed E-state index contributed by atoms with van der Waals surface area (Å²) in [7, 11) is 1.66. The first-order chi connectivity index (χ1) is 14.1. The molecule has 152 valence electrons. The Hall–Kier alpha value is -3.22. The molecule has 0 saturated carbocycles. The van der Waals surface area contributed by atoms with Crippen LogP contribution in [-0.2, 0) is 4.79 Å². The summed E-state index contributed by atoms with van der Waals surface area (Å²) in [5, 5.41) is 3.04. The third kappa shape index (κ3) is 4.29. The molecule has 0 spiro atoms. The highest BCUT2D eigenvalue weighted by molar-refractivity contribution is 5.96. The van der Waals surface area contributed by atoms with Crippen LogP contribution >= 0.6 is 0 Å². The van der Waals surface area contributed by atoms with Crippen LogP contribution < -0.4 is 19.9 Å². The summed E-state index contributed by atoms with van der Waals surface area (Å²) >= 11 is 0. The smallest absolute Gasteiger partial charge is 0.317 e. The molecule has 2 aliphatic rings. The number of amides is 3. The Labute approximate surface area is 170 Å². The molecule has 2 saturated heterocycles. The molecule has 0 aliphatic carbocycles. The maximum absolute atomic E-state index is 12.7. The molecule has 1 N–H and O–H groups in total. The molecule has 2 aromatic carbocycles. The van der Waals surface area contributed by atoms with Crippen molar-refractivity contribution >= 4 is 23.3 Å². The van der Waals surface area contributed by atoms with E-state index in [1.807, 2.05) is 59.5 Å². The number of anilines is 2. The zero-order chi connectivity index (χ0) is 20.2. The third-order valence-corrected chi connectivity index (χ3v) is 5.52. The van der Waals surface area contributed by atoms with Crippen molar-refractivity contribution in [2.75, 3.05) is 49.6 Å². The minimum absolute atomic E-state index is 0.0471. The molecule has 0 bridgehead atoms. The van der Waals surface area contributed by atoms with E-state index in [1.165, 1.54) is 0 Å². The molecule has 3 amide bonds. The van der Waals surface area contributed by atoms with Gasteiger partial charge in [0.25, 0.3) is 0 Å². The normalized spacial score (nSPS) is 19.4. The van der Waals surface area contributed by atoms with E-state index in [0.29, 0.717) is 26.1 Å². The molecule has 0 aromatic heterocycles. The number of carbonyl (C=O) groups excluding carboxylic acids is 2. The molecule has 1 atom stereocenters. The van der Waals surface area contributed by atoms with Gasteiger partial charge in [0.1, 0.15) is 5.75 Å². The highest BCUT2D eigenvalue weighted by Crippen LogP contribution is 2.22. The number of urea groups is 1. The maximum atomic E-state index is 12.7. The lowest BCUT2D eigenvalue weighted by molar-refractivity contribution is -0.117. The van der Waals surface area contributed by atoms with Gasteiger partial charge in [-0.25, -0.2) is 4.79 Å². The fourth-order valence-corrected chi connectivity index (χ4v) is 3.89. The van der Waals surface area contributed by atoms with E-state index in [9.17, 15) is 9.59 Å². The topological polar surface area (TPSA) is 65.1 Å². The quantitative estimate of drug-likeness (QED) is 0.865. The summed E-state index contributed by atoms with van der Waals surface area (Å²) < 4.78 is 5.20. The molecule has 29 heavy (non-hydrogen) atoms. The van der Waals surface area contributed by atoms with E-state index >= 15 is 0 Å². The van der Waals surface area contributed by atoms with Crippen molar-refractivity contribution in [3.05, 3.63) is 54.6 Å². The Balaban J connectivity index is 1.28. The predicted octanol–water partition coefficient (Wildman–Crippen LogP) is 2.33. The van der Waals surface area contributed by atoms with Gasteiger partial charge in [0, 0.05) is 50.5 Å². The van der Waals surface area contributed by atoms with Crippen LogP contribution in [0.3, 0.4) is 0 Å². The van der Waals surface area contributed by atoms with Gasteiger partial charge in [-0.1, -0.05) is 18.2 Å². The highest BCUT2D eigenvalue weighted by Gasteiger charge is 2.33. The number of para-hydroxylation sites is 1. The van der Waals surface area contributed by atoms with E-state index in [0.717, 1.165) is 30.2 Å². The maximum Gasteiger partial charge on any atom is 0.317 e. The second-order valence-corrected chi connectivity index (χ2v) is 7.36. The molecule has 2 heterocycles. The van der Waals surface area contributed by atoms with Crippen molar-refractivity contribution in [2.24, 2.45) is 0 Å².